The van der Waals surface area contributed by atoms with Crippen molar-refractivity contribution in [2.24, 2.45) is 5.16 Å². The minimum absolute atomic E-state index is 0.0647. The molecule has 188 valence electrons. The lowest BCUT2D eigenvalue weighted by atomic mass is 10.0. The highest BCUT2D eigenvalue weighted by Gasteiger charge is 2.31. The van der Waals surface area contributed by atoms with E-state index in [9.17, 15) is 18.0 Å². The minimum Gasteiger partial charge on any atom is -0.495 e. The second-order valence-electron chi connectivity index (χ2n) is 8.18. The van der Waals surface area contributed by atoms with Crippen molar-refractivity contribution in [1.82, 2.24) is 4.90 Å². The molecule has 0 aliphatic carbocycles. The van der Waals surface area contributed by atoms with Crippen molar-refractivity contribution in [2.75, 3.05) is 19.0 Å². The predicted octanol–water partition coefficient (Wildman–Crippen LogP) is 6.59. The number of alkyl halides is 3. The molecule has 1 aliphatic heterocycles. The molecule has 3 aromatic carbocycles. The Morgan fingerprint density at radius 3 is 2.47 bits per heavy atom. The van der Waals surface area contributed by atoms with Gasteiger partial charge < -0.3 is 19.8 Å². The molecule has 0 radical (unpaired) electrons. The van der Waals surface area contributed by atoms with E-state index in [-0.39, 0.29) is 13.1 Å². The van der Waals surface area contributed by atoms with E-state index in [0.717, 1.165) is 23.4 Å². The van der Waals surface area contributed by atoms with Crippen LogP contribution in [0.5, 0.6) is 5.75 Å². The number of carbonyl (C=O) groups excluding carboxylic acids is 1. The van der Waals surface area contributed by atoms with E-state index in [1.54, 1.807) is 36.4 Å². The van der Waals surface area contributed by atoms with Crippen LogP contribution in [0.4, 0.5) is 23.7 Å². The number of oxime groups is 1. The summed E-state index contributed by atoms with van der Waals surface area (Å²) < 4.78 is 44.2. The Labute approximate surface area is 211 Å². The Bertz CT molecular complexity index is 1230. The summed E-state index contributed by atoms with van der Waals surface area (Å²) >= 11 is 5.96. The maximum atomic E-state index is 13.3. The third kappa shape index (κ3) is 6.28. The van der Waals surface area contributed by atoms with E-state index in [4.69, 9.17) is 21.2 Å². The predicted molar refractivity (Wildman–Crippen MR) is 131 cm³/mol. The van der Waals surface area contributed by atoms with Gasteiger partial charge in [-0.2, -0.15) is 13.2 Å². The fourth-order valence-electron chi connectivity index (χ4n) is 3.77. The van der Waals surface area contributed by atoms with Crippen LogP contribution in [-0.2, 0) is 17.6 Å². The summed E-state index contributed by atoms with van der Waals surface area (Å²) in [5, 5.41) is 7.57. The molecule has 0 unspecified atom stereocenters. The number of nitrogens with one attached hydrogen (secondary N) is 1. The average molecular weight is 518 g/mol. The molecule has 1 atom stereocenters. The molecule has 1 N–H and O–H groups in total. The summed E-state index contributed by atoms with van der Waals surface area (Å²) in [6.45, 7) is 0.220. The molecule has 0 bridgehead atoms. The zero-order valence-corrected chi connectivity index (χ0v) is 20.0. The van der Waals surface area contributed by atoms with E-state index < -0.39 is 23.9 Å². The maximum absolute atomic E-state index is 13.3. The van der Waals surface area contributed by atoms with Crippen molar-refractivity contribution in [3.63, 3.8) is 0 Å². The Morgan fingerprint density at radius 2 is 1.81 bits per heavy atom. The molecule has 3 aromatic rings. The largest absolute Gasteiger partial charge is 0.495 e. The highest BCUT2D eigenvalue weighted by atomic mass is 35.5. The summed E-state index contributed by atoms with van der Waals surface area (Å²) in [6, 6.07) is 18.4. The van der Waals surface area contributed by atoms with Gasteiger partial charge in [0.15, 0.2) is 6.10 Å². The first-order valence-electron chi connectivity index (χ1n) is 11.1. The van der Waals surface area contributed by atoms with Crippen LogP contribution in [0.15, 0.2) is 78.0 Å². The molecular formula is C26H23ClF3N3O3. The number of anilines is 1. The van der Waals surface area contributed by atoms with Gasteiger partial charge in [-0.05, 0) is 47.5 Å². The van der Waals surface area contributed by atoms with E-state index in [2.05, 4.69) is 10.5 Å². The SMILES string of the molecule is COc1ccccc1NC(=O)N(Cc1ccc(C(F)(F)F)cc1)C[C@@H]1CC(c2ccc(Cl)cc2)=NO1. The smallest absolute Gasteiger partial charge is 0.416 e. The van der Waals surface area contributed by atoms with Crippen molar-refractivity contribution in [3.05, 3.63) is 94.5 Å². The van der Waals surface area contributed by atoms with Gasteiger partial charge in [-0.25, -0.2) is 4.79 Å². The monoisotopic (exact) mass is 517 g/mol. The van der Waals surface area contributed by atoms with Gasteiger partial charge in [0, 0.05) is 18.0 Å². The number of amides is 2. The molecular weight excluding hydrogens is 495 g/mol. The van der Waals surface area contributed by atoms with Gasteiger partial charge in [-0.1, -0.05) is 53.2 Å². The van der Waals surface area contributed by atoms with Crippen molar-refractivity contribution in [3.8, 4) is 5.75 Å². The Balaban J connectivity index is 1.50. The van der Waals surface area contributed by atoms with E-state index in [0.29, 0.717) is 28.4 Å². The van der Waals surface area contributed by atoms with E-state index >= 15 is 0 Å². The lowest BCUT2D eigenvalue weighted by molar-refractivity contribution is -0.137. The van der Waals surface area contributed by atoms with Gasteiger partial charge in [-0.15, -0.1) is 0 Å². The van der Waals surface area contributed by atoms with Gasteiger partial charge in [-0.3, -0.25) is 0 Å². The molecule has 0 aromatic heterocycles. The van der Waals surface area contributed by atoms with Crippen LogP contribution >= 0.6 is 11.6 Å². The van der Waals surface area contributed by atoms with Gasteiger partial charge in [0.2, 0.25) is 0 Å². The zero-order chi connectivity index (χ0) is 25.7. The van der Waals surface area contributed by atoms with Gasteiger partial charge in [0.1, 0.15) is 5.75 Å². The second-order valence-corrected chi connectivity index (χ2v) is 8.62. The number of hydrogen-bond donors (Lipinski definition) is 1. The molecule has 4 rings (SSSR count). The molecule has 1 heterocycles. The maximum Gasteiger partial charge on any atom is 0.416 e. The van der Waals surface area contributed by atoms with Crippen molar-refractivity contribution < 1.29 is 27.5 Å². The number of halogens is 4. The lowest BCUT2D eigenvalue weighted by Crippen LogP contribution is -2.40. The number of ether oxygens (including phenoxy) is 1. The van der Waals surface area contributed by atoms with Crippen molar-refractivity contribution in [1.29, 1.82) is 0 Å². The van der Waals surface area contributed by atoms with E-state index in [1.165, 1.54) is 24.1 Å². The fourth-order valence-corrected chi connectivity index (χ4v) is 3.89. The third-order valence-corrected chi connectivity index (χ3v) is 5.88. The quantitative estimate of drug-likeness (QED) is 0.384. The molecule has 2 amide bonds. The third-order valence-electron chi connectivity index (χ3n) is 5.62. The molecule has 36 heavy (non-hydrogen) atoms. The number of methoxy groups -OCH3 is 1. The van der Waals surface area contributed by atoms with Gasteiger partial charge in [0.05, 0.1) is 30.6 Å². The average Bonchev–Trinajstić information content (AvgIpc) is 3.32. The number of hydrogen-bond acceptors (Lipinski definition) is 4. The summed E-state index contributed by atoms with van der Waals surface area (Å²) in [4.78, 5) is 20.3. The first-order valence-corrected chi connectivity index (χ1v) is 11.4. The van der Waals surface area contributed by atoms with E-state index in [1.807, 2.05) is 12.1 Å². The summed E-state index contributed by atoms with van der Waals surface area (Å²) in [5.74, 6) is 0.478. The normalized spacial score (nSPS) is 15.1. The highest BCUT2D eigenvalue weighted by molar-refractivity contribution is 6.30. The molecule has 0 fully saturated rings. The molecule has 0 saturated heterocycles. The standard InChI is InChI=1S/C26H23ClF3N3O3/c1-35-24-5-3-2-4-22(24)31-25(34)33(15-17-6-10-19(11-7-17)26(28,29)30)16-21-14-23(32-36-21)18-8-12-20(27)13-9-18/h2-13,21H,14-16H2,1H3,(H,31,34)/t21-/m0/s1. The first-order chi connectivity index (χ1) is 17.2. The van der Waals surface area contributed by atoms with Crippen LogP contribution in [0.3, 0.4) is 0 Å². The minimum atomic E-state index is -4.44. The Kier molecular flexibility index (Phi) is 7.69. The zero-order valence-electron chi connectivity index (χ0n) is 19.3. The number of carbonyl (C=O) groups is 1. The van der Waals surface area contributed by atoms with Crippen molar-refractivity contribution in [2.45, 2.75) is 25.2 Å². The number of urea groups is 1. The topological polar surface area (TPSA) is 63.2 Å². The molecule has 6 nitrogen and oxygen atoms in total. The van der Waals surface area contributed by atoms with Crippen LogP contribution in [0, 0.1) is 0 Å². The van der Waals surface area contributed by atoms with Crippen LogP contribution in [0.2, 0.25) is 5.02 Å². The molecule has 0 spiro atoms. The van der Waals surface area contributed by atoms with Gasteiger partial charge >= 0.3 is 12.2 Å². The fraction of sp³-hybridized carbons (Fsp3) is 0.231. The molecule has 1 aliphatic rings. The number of rotatable bonds is 7. The summed E-state index contributed by atoms with van der Waals surface area (Å²) in [5.41, 5.74) is 1.82. The van der Waals surface area contributed by atoms with Crippen LogP contribution in [0.25, 0.3) is 0 Å². The van der Waals surface area contributed by atoms with Gasteiger partial charge in [0.25, 0.3) is 0 Å². The number of nitrogens with zero attached hydrogens (tertiary/aromatic N) is 2. The first kappa shape index (κ1) is 25.4. The van der Waals surface area contributed by atoms with Crippen LogP contribution < -0.4 is 10.1 Å². The number of benzene rings is 3. The lowest BCUT2D eigenvalue weighted by Gasteiger charge is -2.26. The van der Waals surface area contributed by atoms with Crippen LogP contribution in [0.1, 0.15) is 23.1 Å². The Morgan fingerprint density at radius 1 is 1.11 bits per heavy atom. The second kappa shape index (κ2) is 10.9. The summed E-state index contributed by atoms with van der Waals surface area (Å²) in [7, 11) is 1.49. The molecule has 10 heteroatoms. The highest BCUT2D eigenvalue weighted by Crippen LogP contribution is 2.30. The number of para-hydroxylation sites is 2. The summed E-state index contributed by atoms with van der Waals surface area (Å²) in [6.07, 6.45) is -4.42. The Hall–Kier alpha value is -3.72. The molecule has 0 saturated carbocycles. The van der Waals surface area contributed by atoms with Crippen molar-refractivity contribution >= 4 is 29.0 Å². The van der Waals surface area contributed by atoms with Crippen LogP contribution in [-0.4, -0.2) is 36.4 Å².